The monoisotopic (exact) mass is 433 g/mol. The summed E-state index contributed by atoms with van der Waals surface area (Å²) in [7, 11) is 3.62. The first kappa shape index (κ1) is 23.2. The van der Waals surface area contributed by atoms with Gasteiger partial charge in [0.2, 0.25) is 6.41 Å². The van der Waals surface area contributed by atoms with E-state index in [1.807, 2.05) is 62.3 Å². The van der Waals surface area contributed by atoms with Gasteiger partial charge in [0.05, 0.1) is 17.9 Å². The Kier molecular flexibility index (Phi) is 7.43. The number of rotatable bonds is 10. The summed E-state index contributed by atoms with van der Waals surface area (Å²) in [5.74, 6) is 1.27. The van der Waals surface area contributed by atoms with Crippen molar-refractivity contribution in [1.29, 1.82) is 0 Å². The second-order valence-corrected chi connectivity index (χ2v) is 8.05. The van der Waals surface area contributed by atoms with Crippen molar-refractivity contribution in [2.24, 2.45) is 0 Å². The highest BCUT2D eigenvalue weighted by molar-refractivity contribution is 5.82. The zero-order valence-electron chi connectivity index (χ0n) is 19.2. The second kappa shape index (κ2) is 10.2. The van der Waals surface area contributed by atoms with Crippen LogP contribution in [0.4, 0.5) is 5.82 Å². The zero-order valence-corrected chi connectivity index (χ0v) is 19.2. The van der Waals surface area contributed by atoms with Crippen molar-refractivity contribution in [1.82, 2.24) is 19.4 Å². The van der Waals surface area contributed by atoms with Crippen molar-refractivity contribution >= 4 is 17.9 Å². The van der Waals surface area contributed by atoms with Gasteiger partial charge in [-0.2, -0.15) is 0 Å². The van der Waals surface area contributed by atoms with Crippen molar-refractivity contribution in [3.8, 4) is 11.4 Å². The molecule has 0 atom stereocenters. The highest BCUT2D eigenvalue weighted by Gasteiger charge is 2.25. The van der Waals surface area contributed by atoms with Gasteiger partial charge in [0.25, 0.3) is 0 Å². The third-order valence-corrected chi connectivity index (χ3v) is 5.40. The van der Waals surface area contributed by atoms with E-state index in [4.69, 9.17) is 4.98 Å². The lowest BCUT2D eigenvalue weighted by atomic mass is 10.1. The van der Waals surface area contributed by atoms with Crippen LogP contribution in [0, 0.1) is 13.8 Å². The number of carbonyl (C=O) groups is 1. The smallest absolute Gasteiger partial charge is 0.215 e. The van der Waals surface area contributed by atoms with Crippen LogP contribution in [0.2, 0.25) is 0 Å². The van der Waals surface area contributed by atoms with E-state index in [2.05, 4.69) is 22.2 Å². The molecule has 7 heteroatoms. The Morgan fingerprint density at radius 1 is 1.19 bits per heavy atom. The molecule has 3 rings (SSSR count). The maximum Gasteiger partial charge on any atom is 0.215 e. The molecule has 7 nitrogen and oxygen atoms in total. The Hall–Kier alpha value is -3.45. The van der Waals surface area contributed by atoms with Crippen LogP contribution >= 0.6 is 0 Å². The number of anilines is 1. The standard InChI is InChI=1S/C25H31N5O2/c1-18-8-6-9-21(14-18)24-27-25(29(5)17-32)23(20(3)28(4)12-7-13-31)30(24)16-22-11-10-19(2)15-26-22/h6,8-11,14-15,17,31H,3,7,12-13,16H2,1-2,4-5H3. The number of nitrogens with zero attached hydrogens (tertiary/aromatic N) is 5. The fourth-order valence-electron chi connectivity index (χ4n) is 3.56. The van der Waals surface area contributed by atoms with Gasteiger partial charge >= 0.3 is 0 Å². The molecule has 0 aliphatic carbocycles. The molecule has 0 aliphatic heterocycles. The van der Waals surface area contributed by atoms with Gasteiger partial charge in [0.1, 0.15) is 11.5 Å². The van der Waals surface area contributed by atoms with Crippen molar-refractivity contribution in [3.63, 3.8) is 0 Å². The number of hydrogen-bond donors (Lipinski definition) is 1. The van der Waals surface area contributed by atoms with Gasteiger partial charge in [-0.3, -0.25) is 9.78 Å². The van der Waals surface area contributed by atoms with Crippen molar-refractivity contribution < 1.29 is 9.90 Å². The normalized spacial score (nSPS) is 10.8. The molecule has 168 valence electrons. The van der Waals surface area contributed by atoms with E-state index in [-0.39, 0.29) is 6.61 Å². The van der Waals surface area contributed by atoms with E-state index in [1.54, 1.807) is 7.05 Å². The molecule has 2 heterocycles. The Morgan fingerprint density at radius 3 is 2.59 bits per heavy atom. The van der Waals surface area contributed by atoms with Crippen molar-refractivity contribution in [2.45, 2.75) is 26.8 Å². The number of pyridine rings is 1. The third kappa shape index (κ3) is 5.06. The largest absolute Gasteiger partial charge is 0.396 e. The average molecular weight is 434 g/mol. The highest BCUT2D eigenvalue weighted by Crippen LogP contribution is 2.33. The van der Waals surface area contributed by atoms with Crippen LogP contribution in [-0.2, 0) is 11.3 Å². The van der Waals surface area contributed by atoms with Gasteiger partial charge in [-0.05, 0) is 38.0 Å². The summed E-state index contributed by atoms with van der Waals surface area (Å²) in [4.78, 5) is 24.6. The van der Waals surface area contributed by atoms with E-state index in [0.29, 0.717) is 25.3 Å². The Morgan fingerprint density at radius 2 is 1.97 bits per heavy atom. The molecule has 0 radical (unpaired) electrons. The van der Waals surface area contributed by atoms with Gasteiger partial charge < -0.3 is 19.5 Å². The number of aliphatic hydroxyl groups is 1. The maximum atomic E-state index is 11.7. The number of aromatic nitrogens is 3. The summed E-state index contributed by atoms with van der Waals surface area (Å²) in [5, 5.41) is 9.26. The van der Waals surface area contributed by atoms with Gasteiger partial charge in [0.15, 0.2) is 5.82 Å². The zero-order chi connectivity index (χ0) is 23.3. The van der Waals surface area contributed by atoms with Crippen LogP contribution in [0.25, 0.3) is 17.1 Å². The first-order chi connectivity index (χ1) is 15.3. The molecule has 0 bridgehead atoms. The summed E-state index contributed by atoms with van der Waals surface area (Å²) in [6.07, 6.45) is 3.22. The minimum Gasteiger partial charge on any atom is -0.396 e. The van der Waals surface area contributed by atoms with Gasteiger partial charge in [0, 0.05) is 39.0 Å². The predicted molar refractivity (Wildman–Crippen MR) is 128 cm³/mol. The fourth-order valence-corrected chi connectivity index (χ4v) is 3.56. The predicted octanol–water partition coefficient (Wildman–Crippen LogP) is 3.49. The summed E-state index contributed by atoms with van der Waals surface area (Å²) in [5.41, 5.74) is 5.52. The van der Waals surface area contributed by atoms with E-state index >= 15 is 0 Å². The Bertz CT molecular complexity index is 1090. The molecule has 2 aromatic heterocycles. The van der Waals surface area contributed by atoms with Crippen molar-refractivity contribution in [3.05, 3.63) is 71.7 Å². The van der Waals surface area contributed by atoms with Crippen LogP contribution < -0.4 is 4.90 Å². The van der Waals surface area contributed by atoms with Crippen LogP contribution in [0.3, 0.4) is 0 Å². The topological polar surface area (TPSA) is 74.5 Å². The van der Waals surface area contributed by atoms with E-state index in [0.717, 1.165) is 46.0 Å². The number of hydrogen-bond acceptors (Lipinski definition) is 5. The maximum absolute atomic E-state index is 11.7. The number of benzene rings is 1. The number of aliphatic hydroxyl groups excluding tert-OH is 1. The average Bonchev–Trinajstić information content (AvgIpc) is 3.16. The summed E-state index contributed by atoms with van der Waals surface area (Å²) >= 11 is 0. The van der Waals surface area contributed by atoms with Crippen molar-refractivity contribution in [2.75, 3.05) is 32.1 Å². The summed E-state index contributed by atoms with van der Waals surface area (Å²) in [6, 6.07) is 12.2. The van der Waals surface area contributed by atoms with Crippen LogP contribution in [0.15, 0.2) is 49.2 Å². The SMILES string of the molecule is C=C(c1c(N(C)C=O)nc(-c2cccc(C)c2)n1Cc1ccc(C)cn1)N(C)CCCO. The van der Waals surface area contributed by atoms with Crippen LogP contribution in [0.5, 0.6) is 0 Å². The van der Waals surface area contributed by atoms with E-state index < -0.39 is 0 Å². The Balaban J connectivity index is 2.21. The molecule has 32 heavy (non-hydrogen) atoms. The van der Waals surface area contributed by atoms with E-state index in [9.17, 15) is 9.90 Å². The number of carbonyl (C=O) groups excluding carboxylic acids is 1. The summed E-state index contributed by atoms with van der Waals surface area (Å²) < 4.78 is 2.07. The lowest BCUT2D eigenvalue weighted by Gasteiger charge is -2.24. The van der Waals surface area contributed by atoms with Crippen LogP contribution in [0.1, 0.15) is 28.9 Å². The number of imidazole rings is 1. The minimum absolute atomic E-state index is 0.0970. The molecule has 3 aromatic rings. The first-order valence-corrected chi connectivity index (χ1v) is 10.6. The Labute approximate surface area is 189 Å². The molecule has 1 N–H and O–H groups in total. The highest BCUT2D eigenvalue weighted by atomic mass is 16.3. The third-order valence-electron chi connectivity index (χ3n) is 5.40. The quantitative estimate of drug-likeness (QED) is 0.496. The van der Waals surface area contributed by atoms with Gasteiger partial charge in [-0.25, -0.2) is 4.98 Å². The fraction of sp³-hybridized carbons (Fsp3) is 0.320. The van der Waals surface area contributed by atoms with Crippen LogP contribution in [-0.4, -0.2) is 58.2 Å². The molecular formula is C25H31N5O2. The lowest BCUT2D eigenvalue weighted by molar-refractivity contribution is -0.107. The van der Waals surface area contributed by atoms with Gasteiger partial charge in [-0.1, -0.05) is 36.4 Å². The van der Waals surface area contributed by atoms with Gasteiger partial charge in [-0.15, -0.1) is 0 Å². The summed E-state index contributed by atoms with van der Waals surface area (Å²) in [6.45, 7) is 9.57. The molecule has 0 saturated heterocycles. The van der Waals surface area contributed by atoms with E-state index in [1.165, 1.54) is 4.90 Å². The minimum atomic E-state index is 0.0970. The molecule has 0 fully saturated rings. The molecule has 0 spiro atoms. The molecule has 0 aliphatic rings. The lowest BCUT2D eigenvalue weighted by Crippen LogP contribution is -2.23. The second-order valence-electron chi connectivity index (χ2n) is 8.05. The number of amides is 1. The molecule has 0 saturated carbocycles. The first-order valence-electron chi connectivity index (χ1n) is 10.6. The molecule has 1 aromatic carbocycles. The molecule has 0 unspecified atom stereocenters. The number of aryl methyl sites for hydroxylation is 2. The molecular weight excluding hydrogens is 402 g/mol. The molecule has 1 amide bonds.